The Morgan fingerprint density at radius 3 is 2.87 bits per heavy atom. The second kappa shape index (κ2) is 6.83. The molecule has 126 valence electrons. The number of aromatic nitrogens is 1. The smallest absolute Gasteiger partial charge is 0.408 e. The zero-order valence-corrected chi connectivity index (χ0v) is 13.3. The third-order valence-corrected chi connectivity index (χ3v) is 4.98. The molecule has 1 atom stereocenters. The Labute approximate surface area is 133 Å². The fourth-order valence-corrected chi connectivity index (χ4v) is 3.68. The summed E-state index contributed by atoms with van der Waals surface area (Å²) in [6.45, 7) is 1.44. The van der Waals surface area contributed by atoms with Gasteiger partial charge in [0.05, 0.1) is 37.2 Å². The number of hydrogen-bond donors (Lipinski definition) is 1. The number of sulfonamides is 1. The maximum absolute atomic E-state index is 12.0. The van der Waals surface area contributed by atoms with Crippen molar-refractivity contribution in [3.05, 3.63) is 34.8 Å². The lowest BCUT2D eigenvalue weighted by atomic mass is 10.3. The molecule has 0 bridgehead atoms. The predicted octanol–water partition coefficient (Wildman–Crippen LogP) is -0.0707. The van der Waals surface area contributed by atoms with E-state index in [9.17, 15) is 13.2 Å². The lowest BCUT2D eigenvalue weighted by Gasteiger charge is -2.22. The molecule has 0 saturated carbocycles. The zero-order chi connectivity index (χ0) is 16.3. The highest BCUT2D eigenvalue weighted by molar-refractivity contribution is 7.89. The molecule has 1 aliphatic heterocycles. The molecule has 23 heavy (non-hydrogen) atoms. The first kappa shape index (κ1) is 16.2. The Hall–Kier alpha value is -1.68. The van der Waals surface area contributed by atoms with Crippen molar-refractivity contribution in [3.63, 3.8) is 0 Å². The van der Waals surface area contributed by atoms with Gasteiger partial charge in [-0.2, -0.15) is 0 Å². The SMILES string of the molecule is O=c1oc2ccccc2n1CCNS(=O)(=O)CC1COCCO1. The Balaban J connectivity index is 1.59. The molecule has 0 aliphatic carbocycles. The Bertz CT molecular complexity index is 819. The molecule has 3 rings (SSSR count). The van der Waals surface area contributed by atoms with Crippen molar-refractivity contribution in [3.8, 4) is 0 Å². The number of nitrogens with one attached hydrogen (secondary N) is 1. The quantitative estimate of drug-likeness (QED) is 0.789. The molecule has 2 heterocycles. The van der Waals surface area contributed by atoms with Gasteiger partial charge in [0.25, 0.3) is 0 Å². The normalized spacial score (nSPS) is 19.2. The van der Waals surface area contributed by atoms with Crippen LogP contribution in [0.5, 0.6) is 0 Å². The van der Waals surface area contributed by atoms with E-state index in [0.29, 0.717) is 24.3 Å². The predicted molar refractivity (Wildman–Crippen MR) is 82.8 cm³/mol. The highest BCUT2D eigenvalue weighted by atomic mass is 32.2. The van der Waals surface area contributed by atoms with E-state index < -0.39 is 21.9 Å². The Morgan fingerprint density at radius 2 is 2.09 bits per heavy atom. The van der Waals surface area contributed by atoms with E-state index in [-0.39, 0.29) is 25.4 Å². The Morgan fingerprint density at radius 1 is 1.26 bits per heavy atom. The number of rotatable bonds is 6. The fraction of sp³-hybridized carbons (Fsp3) is 0.500. The monoisotopic (exact) mass is 342 g/mol. The van der Waals surface area contributed by atoms with E-state index in [1.807, 2.05) is 0 Å². The minimum absolute atomic E-state index is 0.0966. The molecule has 0 amide bonds. The van der Waals surface area contributed by atoms with Crippen LogP contribution in [0.4, 0.5) is 0 Å². The van der Waals surface area contributed by atoms with Crippen LogP contribution in [0.25, 0.3) is 11.1 Å². The summed E-state index contributed by atoms with van der Waals surface area (Å²) in [5.74, 6) is -0.664. The molecular weight excluding hydrogens is 324 g/mol. The number of nitrogens with zero attached hydrogens (tertiary/aromatic N) is 1. The van der Waals surface area contributed by atoms with Crippen molar-refractivity contribution < 1.29 is 22.3 Å². The minimum Gasteiger partial charge on any atom is -0.408 e. The largest absolute Gasteiger partial charge is 0.419 e. The summed E-state index contributed by atoms with van der Waals surface area (Å²) in [5, 5.41) is 0. The molecule has 2 aromatic rings. The third-order valence-electron chi connectivity index (χ3n) is 3.52. The number of para-hydroxylation sites is 2. The first-order valence-electron chi connectivity index (χ1n) is 7.30. The summed E-state index contributed by atoms with van der Waals surface area (Å²) in [4.78, 5) is 11.8. The standard InChI is InChI=1S/C14H18N2O6S/c17-14-16(12-3-1-2-4-13(12)22-14)6-5-15-23(18,19)10-11-9-20-7-8-21-11/h1-4,11,15H,5-10H2. The van der Waals surface area contributed by atoms with E-state index in [0.717, 1.165) is 0 Å². The highest BCUT2D eigenvalue weighted by Gasteiger charge is 2.22. The van der Waals surface area contributed by atoms with Crippen LogP contribution in [0.2, 0.25) is 0 Å². The van der Waals surface area contributed by atoms with Crippen molar-refractivity contribution >= 4 is 21.1 Å². The zero-order valence-electron chi connectivity index (χ0n) is 12.4. The van der Waals surface area contributed by atoms with Crippen LogP contribution in [0, 0.1) is 0 Å². The number of ether oxygens (including phenoxy) is 2. The van der Waals surface area contributed by atoms with Gasteiger partial charge in [0.2, 0.25) is 10.0 Å². The number of hydrogen-bond acceptors (Lipinski definition) is 6. The van der Waals surface area contributed by atoms with Gasteiger partial charge < -0.3 is 13.9 Å². The molecule has 0 radical (unpaired) electrons. The average molecular weight is 342 g/mol. The molecule has 1 aliphatic rings. The molecule has 1 unspecified atom stereocenters. The molecule has 8 nitrogen and oxygen atoms in total. The lowest BCUT2D eigenvalue weighted by Crippen LogP contribution is -2.40. The molecule has 1 aromatic heterocycles. The fourth-order valence-electron chi connectivity index (χ4n) is 2.48. The van der Waals surface area contributed by atoms with Crippen molar-refractivity contribution in [1.82, 2.24) is 9.29 Å². The third kappa shape index (κ3) is 3.99. The van der Waals surface area contributed by atoms with Gasteiger partial charge in [-0.05, 0) is 12.1 Å². The molecule has 1 fully saturated rings. The summed E-state index contributed by atoms with van der Waals surface area (Å²) in [5.41, 5.74) is 1.12. The van der Waals surface area contributed by atoms with Gasteiger partial charge in [-0.3, -0.25) is 4.57 Å². The van der Waals surface area contributed by atoms with Crippen LogP contribution in [-0.2, 0) is 26.0 Å². The Kier molecular flexibility index (Phi) is 4.81. The van der Waals surface area contributed by atoms with Crippen LogP contribution in [0.3, 0.4) is 0 Å². The molecule has 1 N–H and O–H groups in total. The molecule has 1 aromatic carbocycles. The van der Waals surface area contributed by atoms with Gasteiger partial charge in [-0.1, -0.05) is 12.1 Å². The van der Waals surface area contributed by atoms with Crippen LogP contribution in [0.1, 0.15) is 0 Å². The van der Waals surface area contributed by atoms with Crippen LogP contribution < -0.4 is 10.5 Å². The van der Waals surface area contributed by atoms with E-state index in [1.54, 1.807) is 24.3 Å². The molecule has 0 spiro atoms. The van der Waals surface area contributed by atoms with Gasteiger partial charge in [0.1, 0.15) is 0 Å². The summed E-state index contributed by atoms with van der Waals surface area (Å²) < 4.78 is 43.5. The van der Waals surface area contributed by atoms with E-state index in [2.05, 4.69) is 4.72 Å². The number of benzene rings is 1. The van der Waals surface area contributed by atoms with Crippen molar-refractivity contribution in [2.24, 2.45) is 0 Å². The van der Waals surface area contributed by atoms with Gasteiger partial charge in [-0.15, -0.1) is 0 Å². The summed E-state index contributed by atoms with van der Waals surface area (Å²) in [6.07, 6.45) is -0.460. The molecular formula is C14H18N2O6S. The van der Waals surface area contributed by atoms with E-state index in [4.69, 9.17) is 13.9 Å². The van der Waals surface area contributed by atoms with Crippen molar-refractivity contribution in [1.29, 1.82) is 0 Å². The van der Waals surface area contributed by atoms with E-state index in [1.165, 1.54) is 4.57 Å². The summed E-state index contributed by atoms with van der Waals surface area (Å²) >= 11 is 0. The number of oxazole rings is 1. The maximum atomic E-state index is 12.0. The van der Waals surface area contributed by atoms with Crippen molar-refractivity contribution in [2.45, 2.75) is 12.6 Å². The van der Waals surface area contributed by atoms with Gasteiger partial charge >= 0.3 is 5.76 Å². The first-order valence-corrected chi connectivity index (χ1v) is 8.95. The molecule has 9 heteroatoms. The topological polar surface area (TPSA) is 99.8 Å². The lowest BCUT2D eigenvalue weighted by molar-refractivity contribution is -0.0783. The second-order valence-electron chi connectivity index (χ2n) is 5.23. The summed E-state index contributed by atoms with van der Waals surface area (Å²) in [6, 6.07) is 7.00. The van der Waals surface area contributed by atoms with Gasteiger partial charge in [0, 0.05) is 13.1 Å². The van der Waals surface area contributed by atoms with Crippen LogP contribution in [0.15, 0.2) is 33.5 Å². The number of fused-ring (bicyclic) bond motifs is 1. The van der Waals surface area contributed by atoms with Gasteiger partial charge in [-0.25, -0.2) is 17.9 Å². The van der Waals surface area contributed by atoms with Crippen molar-refractivity contribution in [2.75, 3.05) is 32.1 Å². The second-order valence-corrected chi connectivity index (χ2v) is 7.08. The van der Waals surface area contributed by atoms with Gasteiger partial charge in [0.15, 0.2) is 5.58 Å². The van der Waals surface area contributed by atoms with E-state index >= 15 is 0 Å². The first-order chi connectivity index (χ1) is 11.1. The highest BCUT2D eigenvalue weighted by Crippen LogP contribution is 2.11. The van der Waals surface area contributed by atoms with Crippen LogP contribution >= 0.6 is 0 Å². The van der Waals surface area contributed by atoms with Crippen LogP contribution in [-0.4, -0.2) is 51.2 Å². The average Bonchev–Trinajstić information content (AvgIpc) is 2.84. The molecule has 1 saturated heterocycles. The summed E-state index contributed by atoms with van der Waals surface area (Å²) in [7, 11) is -3.50. The maximum Gasteiger partial charge on any atom is 0.419 e. The minimum atomic E-state index is -3.50.